The van der Waals surface area contributed by atoms with Gasteiger partial charge in [-0.2, -0.15) is 0 Å². The van der Waals surface area contributed by atoms with E-state index in [-0.39, 0.29) is 17.9 Å². The van der Waals surface area contributed by atoms with E-state index >= 15 is 0 Å². The van der Waals surface area contributed by atoms with Crippen LogP contribution in [0.3, 0.4) is 0 Å². The van der Waals surface area contributed by atoms with Gasteiger partial charge in [-0.3, -0.25) is 4.79 Å². The molecule has 132 valence electrons. The van der Waals surface area contributed by atoms with Gasteiger partial charge in [-0.1, -0.05) is 33.1 Å². The predicted molar refractivity (Wildman–Crippen MR) is 87.3 cm³/mol. The zero-order valence-corrected chi connectivity index (χ0v) is 14.3. The average Bonchev–Trinajstić information content (AvgIpc) is 2.53. The fraction of sp³-hybridized carbons (Fsp3) is 0.882. The largest absolute Gasteiger partial charge is 0.465 e. The number of carbonyl (C=O) groups excluding carboxylic acids is 1. The molecule has 0 aromatic carbocycles. The molecule has 0 unspecified atom stereocenters. The van der Waals surface area contributed by atoms with Gasteiger partial charge < -0.3 is 20.1 Å². The van der Waals surface area contributed by atoms with Crippen molar-refractivity contribution in [1.29, 1.82) is 0 Å². The Kier molecular flexibility index (Phi) is 6.69. The summed E-state index contributed by atoms with van der Waals surface area (Å²) in [4.78, 5) is 25.2. The van der Waals surface area contributed by atoms with Gasteiger partial charge in [0.25, 0.3) is 0 Å². The lowest BCUT2D eigenvalue weighted by Gasteiger charge is -2.36. The highest BCUT2D eigenvalue weighted by Gasteiger charge is 2.32. The first kappa shape index (κ1) is 18.0. The Bertz CT molecular complexity index is 399. The molecule has 1 saturated carbocycles. The van der Waals surface area contributed by atoms with Crippen molar-refractivity contribution in [3.05, 3.63) is 0 Å². The number of carboxylic acid groups (broad SMARTS) is 1. The van der Waals surface area contributed by atoms with Crippen LogP contribution in [-0.4, -0.2) is 53.3 Å². The Morgan fingerprint density at radius 2 is 1.61 bits per heavy atom. The number of amides is 2. The number of hydrogen-bond acceptors (Lipinski definition) is 3. The van der Waals surface area contributed by atoms with Gasteiger partial charge in [-0.15, -0.1) is 0 Å². The first-order valence-electron chi connectivity index (χ1n) is 8.91. The molecule has 1 heterocycles. The molecule has 0 aromatic rings. The van der Waals surface area contributed by atoms with Gasteiger partial charge >= 0.3 is 6.09 Å². The molecule has 1 saturated heterocycles. The lowest BCUT2D eigenvalue weighted by molar-refractivity contribution is -0.138. The second-order valence-electron chi connectivity index (χ2n) is 7.09. The molecule has 0 aromatic heterocycles. The third-order valence-corrected chi connectivity index (χ3v) is 4.90. The molecule has 6 heteroatoms. The van der Waals surface area contributed by atoms with E-state index in [1.807, 2.05) is 13.8 Å². The van der Waals surface area contributed by atoms with Gasteiger partial charge in [0, 0.05) is 13.1 Å². The molecule has 2 rings (SSSR count). The third kappa shape index (κ3) is 5.37. The van der Waals surface area contributed by atoms with Crippen LogP contribution in [0.25, 0.3) is 0 Å². The van der Waals surface area contributed by atoms with Crippen LogP contribution >= 0.6 is 0 Å². The maximum atomic E-state index is 12.5. The number of ether oxygens (including phenoxy) is 1. The van der Waals surface area contributed by atoms with Gasteiger partial charge in [-0.05, 0) is 31.6 Å². The standard InChI is InChI=1S/C17H30N2O4/c1-12(2)15(18-17(21)22)16(20)19-10-8-14(9-11-19)23-13-6-4-3-5-7-13/h12-15,18H,3-11H2,1-2H3,(H,21,22)/t15-/m0/s1. The van der Waals surface area contributed by atoms with E-state index in [1.54, 1.807) is 4.90 Å². The molecule has 6 nitrogen and oxygen atoms in total. The van der Waals surface area contributed by atoms with E-state index in [9.17, 15) is 9.59 Å². The van der Waals surface area contributed by atoms with Crippen LogP contribution in [0.5, 0.6) is 0 Å². The summed E-state index contributed by atoms with van der Waals surface area (Å²) in [6.07, 6.45) is 7.36. The SMILES string of the molecule is CC(C)[C@H](NC(=O)O)C(=O)N1CCC(OC2CCCCC2)CC1. The molecular weight excluding hydrogens is 296 g/mol. The Labute approximate surface area is 138 Å². The number of rotatable bonds is 5. The molecule has 0 spiro atoms. The Morgan fingerprint density at radius 1 is 1.04 bits per heavy atom. The van der Waals surface area contributed by atoms with E-state index in [1.165, 1.54) is 19.3 Å². The Morgan fingerprint density at radius 3 is 2.13 bits per heavy atom. The first-order valence-corrected chi connectivity index (χ1v) is 8.91. The van der Waals surface area contributed by atoms with Crippen LogP contribution in [0, 0.1) is 5.92 Å². The normalized spacial score (nSPS) is 22.1. The van der Waals surface area contributed by atoms with Crippen molar-refractivity contribution in [1.82, 2.24) is 10.2 Å². The van der Waals surface area contributed by atoms with Crippen molar-refractivity contribution < 1.29 is 19.4 Å². The highest BCUT2D eigenvalue weighted by atomic mass is 16.5. The topological polar surface area (TPSA) is 78.9 Å². The minimum absolute atomic E-state index is 0.0604. The molecule has 2 N–H and O–H groups in total. The Hall–Kier alpha value is -1.30. The van der Waals surface area contributed by atoms with Gasteiger partial charge in [0.05, 0.1) is 12.2 Å². The number of piperidine rings is 1. The molecule has 2 fully saturated rings. The molecule has 23 heavy (non-hydrogen) atoms. The molecular formula is C17H30N2O4. The molecule has 1 aliphatic carbocycles. The van der Waals surface area contributed by atoms with Crippen LogP contribution in [0.4, 0.5) is 4.79 Å². The van der Waals surface area contributed by atoms with Crippen LogP contribution in [0.15, 0.2) is 0 Å². The fourth-order valence-electron chi connectivity index (χ4n) is 3.53. The minimum atomic E-state index is -1.15. The van der Waals surface area contributed by atoms with Crippen molar-refractivity contribution >= 4 is 12.0 Å². The Balaban J connectivity index is 1.80. The first-order chi connectivity index (χ1) is 11.0. The highest BCUT2D eigenvalue weighted by Crippen LogP contribution is 2.25. The second kappa shape index (κ2) is 8.52. The van der Waals surface area contributed by atoms with E-state index < -0.39 is 12.1 Å². The molecule has 1 atom stereocenters. The number of nitrogens with one attached hydrogen (secondary N) is 1. The monoisotopic (exact) mass is 326 g/mol. The number of hydrogen-bond donors (Lipinski definition) is 2. The molecule has 2 aliphatic rings. The van der Waals surface area contributed by atoms with Crippen molar-refractivity contribution in [2.24, 2.45) is 5.92 Å². The quantitative estimate of drug-likeness (QED) is 0.814. The summed E-state index contributed by atoms with van der Waals surface area (Å²) < 4.78 is 6.19. The van der Waals surface area contributed by atoms with E-state index in [2.05, 4.69) is 5.32 Å². The van der Waals surface area contributed by atoms with Crippen molar-refractivity contribution in [3.8, 4) is 0 Å². The molecule has 0 bridgehead atoms. The van der Waals surface area contributed by atoms with Crippen LogP contribution in [0.1, 0.15) is 58.8 Å². The summed E-state index contributed by atoms with van der Waals surface area (Å²) in [6, 6.07) is -0.664. The van der Waals surface area contributed by atoms with E-state index in [4.69, 9.17) is 9.84 Å². The smallest absolute Gasteiger partial charge is 0.405 e. The van der Waals surface area contributed by atoms with Gasteiger partial charge in [0.1, 0.15) is 6.04 Å². The number of carbonyl (C=O) groups is 2. The number of likely N-dealkylation sites (tertiary alicyclic amines) is 1. The summed E-state index contributed by atoms with van der Waals surface area (Å²) in [6.45, 7) is 5.02. The fourth-order valence-corrected chi connectivity index (χ4v) is 3.53. The zero-order valence-electron chi connectivity index (χ0n) is 14.3. The van der Waals surface area contributed by atoms with Crippen molar-refractivity contribution in [3.63, 3.8) is 0 Å². The molecule has 0 radical (unpaired) electrons. The van der Waals surface area contributed by atoms with Crippen LogP contribution < -0.4 is 5.32 Å². The van der Waals surface area contributed by atoms with Gasteiger partial charge in [0.2, 0.25) is 5.91 Å². The maximum Gasteiger partial charge on any atom is 0.405 e. The van der Waals surface area contributed by atoms with E-state index in [0.29, 0.717) is 19.2 Å². The zero-order chi connectivity index (χ0) is 16.8. The summed E-state index contributed by atoms with van der Waals surface area (Å²) >= 11 is 0. The number of nitrogens with zero attached hydrogens (tertiary/aromatic N) is 1. The average molecular weight is 326 g/mol. The summed E-state index contributed by atoms with van der Waals surface area (Å²) in [5.74, 6) is -0.173. The second-order valence-corrected chi connectivity index (χ2v) is 7.09. The minimum Gasteiger partial charge on any atom is -0.465 e. The third-order valence-electron chi connectivity index (χ3n) is 4.90. The van der Waals surface area contributed by atoms with Gasteiger partial charge in [-0.25, -0.2) is 4.79 Å². The molecule has 2 amide bonds. The van der Waals surface area contributed by atoms with Crippen LogP contribution in [-0.2, 0) is 9.53 Å². The van der Waals surface area contributed by atoms with Crippen molar-refractivity contribution in [2.75, 3.05) is 13.1 Å². The lowest BCUT2D eigenvalue weighted by Crippen LogP contribution is -2.53. The highest BCUT2D eigenvalue weighted by molar-refractivity contribution is 5.85. The molecule has 1 aliphatic heterocycles. The maximum absolute atomic E-state index is 12.5. The summed E-state index contributed by atoms with van der Waals surface area (Å²) in [7, 11) is 0. The summed E-state index contributed by atoms with van der Waals surface area (Å²) in [5, 5.41) is 11.2. The van der Waals surface area contributed by atoms with E-state index in [0.717, 1.165) is 25.7 Å². The van der Waals surface area contributed by atoms with Crippen molar-refractivity contribution in [2.45, 2.75) is 77.0 Å². The van der Waals surface area contributed by atoms with Gasteiger partial charge in [0.15, 0.2) is 0 Å². The predicted octanol–water partition coefficient (Wildman–Crippen LogP) is 2.62. The van der Waals surface area contributed by atoms with Crippen LogP contribution in [0.2, 0.25) is 0 Å². The summed E-state index contributed by atoms with van der Waals surface area (Å²) in [5.41, 5.74) is 0. The lowest BCUT2D eigenvalue weighted by atomic mass is 9.96.